The van der Waals surface area contributed by atoms with Crippen molar-refractivity contribution >= 4 is 6.09 Å². The number of nitrogens with one attached hydrogen (secondary N) is 1. The molecule has 0 radical (unpaired) electrons. The second-order valence-electron chi connectivity index (χ2n) is 2.91. The fraction of sp³-hybridized carbons (Fsp3) is 0.182. The van der Waals surface area contributed by atoms with Gasteiger partial charge in [-0.15, -0.1) is 0 Å². The minimum atomic E-state index is -0.391. The van der Waals surface area contributed by atoms with E-state index in [1.54, 1.807) is 0 Å². The molecule has 70 valence electrons. The van der Waals surface area contributed by atoms with E-state index in [0.29, 0.717) is 6.54 Å². The van der Waals surface area contributed by atoms with Crippen LogP contribution >= 0.6 is 0 Å². The van der Waals surface area contributed by atoms with Crippen molar-refractivity contribution in [2.24, 2.45) is 0 Å². The van der Waals surface area contributed by atoms with Crippen molar-refractivity contribution in [3.8, 4) is 11.8 Å². The predicted molar refractivity (Wildman–Crippen MR) is 51.6 cm³/mol. The Hall–Kier alpha value is -1.95. The molecule has 1 fully saturated rings. The fourth-order valence-electron chi connectivity index (χ4n) is 1.15. The highest BCUT2D eigenvalue weighted by Crippen LogP contribution is 2.00. The van der Waals surface area contributed by atoms with Crippen molar-refractivity contribution in [3.63, 3.8) is 0 Å². The maximum atomic E-state index is 10.7. The van der Waals surface area contributed by atoms with Crippen LogP contribution in [0.3, 0.4) is 0 Å². The van der Waals surface area contributed by atoms with E-state index in [-0.39, 0.29) is 6.10 Å². The van der Waals surface area contributed by atoms with Crippen LogP contribution < -0.4 is 5.32 Å². The lowest BCUT2D eigenvalue weighted by molar-refractivity contribution is 0.161. The molecule has 0 bridgehead atoms. The van der Waals surface area contributed by atoms with Gasteiger partial charge in [-0.1, -0.05) is 30.0 Å². The number of alkyl carbamates (subject to hydrolysis) is 1. The molecule has 1 N–H and O–H groups in total. The Morgan fingerprint density at radius 1 is 1.36 bits per heavy atom. The van der Waals surface area contributed by atoms with Crippen molar-refractivity contribution in [1.82, 2.24) is 5.32 Å². The third-order valence-corrected chi connectivity index (χ3v) is 1.83. The summed E-state index contributed by atoms with van der Waals surface area (Å²) >= 11 is 0. The second kappa shape index (κ2) is 3.84. The van der Waals surface area contributed by atoms with Gasteiger partial charge in [0.2, 0.25) is 0 Å². The molecule has 0 unspecified atom stereocenters. The zero-order chi connectivity index (χ0) is 9.80. The highest BCUT2D eigenvalue weighted by Gasteiger charge is 2.19. The third-order valence-electron chi connectivity index (χ3n) is 1.83. The third kappa shape index (κ3) is 2.05. The smallest absolute Gasteiger partial charge is 0.408 e. The molecule has 1 amide bonds. The van der Waals surface area contributed by atoms with Gasteiger partial charge in [-0.3, -0.25) is 0 Å². The van der Waals surface area contributed by atoms with Crippen LogP contribution in [0.5, 0.6) is 0 Å². The molecule has 0 saturated carbocycles. The first-order valence-corrected chi connectivity index (χ1v) is 4.36. The first-order valence-electron chi connectivity index (χ1n) is 4.36. The minimum Gasteiger partial charge on any atom is -0.431 e. The highest BCUT2D eigenvalue weighted by atomic mass is 16.6. The summed E-state index contributed by atoms with van der Waals surface area (Å²) in [4.78, 5) is 10.7. The second-order valence-corrected chi connectivity index (χ2v) is 2.91. The number of hydrogen-bond acceptors (Lipinski definition) is 2. The molecule has 1 saturated heterocycles. The molecule has 1 aromatic rings. The summed E-state index contributed by atoms with van der Waals surface area (Å²) in [6.07, 6.45) is -0.708. The maximum Gasteiger partial charge on any atom is 0.408 e. The van der Waals surface area contributed by atoms with Gasteiger partial charge in [-0.25, -0.2) is 4.79 Å². The first kappa shape index (κ1) is 8.64. The summed E-state index contributed by atoms with van der Waals surface area (Å²) in [5.74, 6) is 5.81. The van der Waals surface area contributed by atoms with Gasteiger partial charge in [0, 0.05) is 5.56 Å². The van der Waals surface area contributed by atoms with Gasteiger partial charge < -0.3 is 10.1 Å². The largest absolute Gasteiger partial charge is 0.431 e. The van der Waals surface area contributed by atoms with Gasteiger partial charge in [0.05, 0.1) is 6.54 Å². The van der Waals surface area contributed by atoms with Gasteiger partial charge in [0.15, 0.2) is 6.10 Å². The standard InChI is InChI=1S/C11H9NO2/c13-11-12-8-10(14-11)7-6-9-4-2-1-3-5-9/h1-5,10H,8H2,(H,12,13)/t10-/m1/s1. The summed E-state index contributed by atoms with van der Waals surface area (Å²) in [7, 11) is 0. The van der Waals surface area contributed by atoms with Crippen LogP contribution in [0.15, 0.2) is 30.3 Å². The number of rotatable bonds is 0. The van der Waals surface area contributed by atoms with Crippen LogP contribution in [0.25, 0.3) is 0 Å². The van der Waals surface area contributed by atoms with Crippen molar-refractivity contribution in [2.45, 2.75) is 6.10 Å². The van der Waals surface area contributed by atoms with Crippen molar-refractivity contribution < 1.29 is 9.53 Å². The van der Waals surface area contributed by atoms with E-state index in [9.17, 15) is 4.79 Å². The number of amides is 1. The molecule has 1 aliphatic heterocycles. The van der Waals surface area contributed by atoms with E-state index in [1.807, 2.05) is 30.3 Å². The van der Waals surface area contributed by atoms with Crippen molar-refractivity contribution in [3.05, 3.63) is 35.9 Å². The quantitative estimate of drug-likeness (QED) is 0.619. The van der Waals surface area contributed by atoms with E-state index < -0.39 is 6.09 Å². The van der Waals surface area contributed by atoms with E-state index in [1.165, 1.54) is 0 Å². The van der Waals surface area contributed by atoms with Gasteiger partial charge in [-0.2, -0.15) is 0 Å². The van der Waals surface area contributed by atoms with Gasteiger partial charge >= 0.3 is 6.09 Å². The number of cyclic esters (lactones) is 1. The lowest BCUT2D eigenvalue weighted by Gasteiger charge is -1.95. The molecule has 0 aromatic heterocycles. The molecule has 0 spiro atoms. The Labute approximate surface area is 82.1 Å². The van der Waals surface area contributed by atoms with E-state index >= 15 is 0 Å². The average Bonchev–Trinajstić information content (AvgIpc) is 2.63. The first-order chi connectivity index (χ1) is 6.84. The summed E-state index contributed by atoms with van der Waals surface area (Å²) in [6.45, 7) is 0.471. The summed E-state index contributed by atoms with van der Waals surface area (Å²) in [5, 5.41) is 2.54. The van der Waals surface area contributed by atoms with Crippen LogP contribution in [-0.2, 0) is 4.74 Å². The van der Waals surface area contributed by atoms with Gasteiger partial charge in [0.1, 0.15) is 0 Å². The minimum absolute atomic E-state index is 0.317. The van der Waals surface area contributed by atoms with Crippen molar-refractivity contribution in [2.75, 3.05) is 6.54 Å². The molecular weight excluding hydrogens is 178 g/mol. The predicted octanol–water partition coefficient (Wildman–Crippen LogP) is 1.15. The summed E-state index contributed by atoms with van der Waals surface area (Å²) < 4.78 is 4.86. The molecule has 1 atom stereocenters. The molecule has 1 heterocycles. The Kier molecular flexibility index (Phi) is 2.37. The van der Waals surface area contributed by atoms with E-state index in [4.69, 9.17) is 4.74 Å². The summed E-state index contributed by atoms with van der Waals surface area (Å²) in [6, 6.07) is 9.60. The molecule has 3 heteroatoms. The van der Waals surface area contributed by atoms with Crippen LogP contribution in [0.1, 0.15) is 5.56 Å². The molecule has 3 nitrogen and oxygen atoms in total. The van der Waals surface area contributed by atoms with E-state index in [0.717, 1.165) is 5.56 Å². The number of carbonyl (C=O) groups excluding carboxylic acids is 1. The van der Waals surface area contributed by atoms with Gasteiger partial charge in [-0.05, 0) is 12.1 Å². The number of hydrogen-bond donors (Lipinski definition) is 1. The molecule has 2 rings (SSSR count). The van der Waals surface area contributed by atoms with Crippen LogP contribution in [0.2, 0.25) is 0 Å². The zero-order valence-electron chi connectivity index (χ0n) is 7.49. The maximum absolute atomic E-state index is 10.7. The van der Waals surface area contributed by atoms with Gasteiger partial charge in [0.25, 0.3) is 0 Å². The molecule has 1 aliphatic rings. The highest BCUT2D eigenvalue weighted by molar-refractivity contribution is 5.70. The topological polar surface area (TPSA) is 38.3 Å². The number of carbonyl (C=O) groups is 1. The number of ether oxygens (including phenoxy) is 1. The van der Waals surface area contributed by atoms with Crippen molar-refractivity contribution in [1.29, 1.82) is 0 Å². The molecular formula is C11H9NO2. The molecule has 1 aromatic carbocycles. The van der Waals surface area contributed by atoms with Crippen LogP contribution in [0.4, 0.5) is 4.79 Å². The molecule has 0 aliphatic carbocycles. The van der Waals surface area contributed by atoms with Crippen LogP contribution in [0, 0.1) is 11.8 Å². The lowest BCUT2D eigenvalue weighted by Crippen LogP contribution is -2.13. The SMILES string of the molecule is O=C1NC[C@@H](C#Cc2ccccc2)O1. The fourth-order valence-corrected chi connectivity index (χ4v) is 1.15. The Morgan fingerprint density at radius 3 is 2.79 bits per heavy atom. The number of benzene rings is 1. The monoisotopic (exact) mass is 187 g/mol. The Morgan fingerprint density at radius 2 is 2.14 bits per heavy atom. The molecule has 14 heavy (non-hydrogen) atoms. The lowest BCUT2D eigenvalue weighted by atomic mass is 10.2. The summed E-state index contributed by atoms with van der Waals surface area (Å²) in [5.41, 5.74) is 0.926. The average molecular weight is 187 g/mol. The normalized spacial score (nSPS) is 19.1. The Bertz CT molecular complexity index is 389. The Balaban J connectivity index is 2.04. The van der Waals surface area contributed by atoms with Crippen LogP contribution in [-0.4, -0.2) is 18.7 Å². The zero-order valence-corrected chi connectivity index (χ0v) is 7.49. The van der Waals surface area contributed by atoms with E-state index in [2.05, 4.69) is 17.2 Å².